The van der Waals surface area contributed by atoms with Crippen LogP contribution in [-0.2, 0) is 4.74 Å². The number of esters is 1. The van der Waals surface area contributed by atoms with Gasteiger partial charge in [0.25, 0.3) is 5.69 Å². The number of Topliss-reactive ketones (excluding diaryl/α,β-unsaturated/α-hetero) is 1. The van der Waals surface area contributed by atoms with Crippen molar-refractivity contribution in [1.29, 1.82) is 0 Å². The molecule has 2 rings (SSSR count). The van der Waals surface area contributed by atoms with Crippen LogP contribution in [-0.4, -0.2) is 43.1 Å². The molecule has 0 saturated carbocycles. The van der Waals surface area contributed by atoms with Gasteiger partial charge in [-0.05, 0) is 45.0 Å². The van der Waals surface area contributed by atoms with Crippen LogP contribution >= 0.6 is 0 Å². The average Bonchev–Trinajstić information content (AvgIpc) is 2.73. The minimum absolute atomic E-state index is 0.127. The van der Waals surface area contributed by atoms with E-state index in [1.807, 2.05) is 6.92 Å². The molecule has 0 heterocycles. The van der Waals surface area contributed by atoms with Crippen molar-refractivity contribution in [2.75, 3.05) is 20.3 Å². The van der Waals surface area contributed by atoms with Gasteiger partial charge in [-0.2, -0.15) is 0 Å². The molecule has 160 valence electrons. The first-order valence-electron chi connectivity index (χ1n) is 9.29. The van der Waals surface area contributed by atoms with Gasteiger partial charge in [0, 0.05) is 11.6 Å². The maximum Gasteiger partial charge on any atom is 0.346 e. The van der Waals surface area contributed by atoms with Gasteiger partial charge in [0.1, 0.15) is 11.3 Å². The fourth-order valence-electron chi connectivity index (χ4n) is 2.69. The fourth-order valence-corrected chi connectivity index (χ4v) is 2.69. The Balaban J connectivity index is 2.25. The normalized spacial score (nSPS) is 11.3. The highest BCUT2D eigenvalue weighted by Gasteiger charge is 2.28. The molecule has 9 nitrogen and oxygen atoms in total. The first-order valence-corrected chi connectivity index (χ1v) is 9.29. The van der Waals surface area contributed by atoms with Gasteiger partial charge in [0.15, 0.2) is 17.6 Å². The number of methoxy groups -OCH3 is 1. The van der Waals surface area contributed by atoms with Gasteiger partial charge in [-0.1, -0.05) is 0 Å². The molecule has 0 aliphatic rings. The Morgan fingerprint density at radius 1 is 1.03 bits per heavy atom. The van der Waals surface area contributed by atoms with Crippen molar-refractivity contribution in [2.45, 2.75) is 26.9 Å². The number of hydrogen-bond acceptors (Lipinski definition) is 8. The molecule has 0 amide bonds. The lowest BCUT2D eigenvalue weighted by molar-refractivity contribution is -0.385. The summed E-state index contributed by atoms with van der Waals surface area (Å²) in [7, 11) is 1.34. The fraction of sp³-hybridized carbons (Fsp3) is 0.333. The van der Waals surface area contributed by atoms with E-state index in [4.69, 9.17) is 18.9 Å². The predicted molar refractivity (Wildman–Crippen MR) is 108 cm³/mol. The molecule has 2 aromatic carbocycles. The molecule has 30 heavy (non-hydrogen) atoms. The summed E-state index contributed by atoms with van der Waals surface area (Å²) in [5.74, 6) is -0.598. The zero-order chi connectivity index (χ0) is 22.3. The second-order valence-corrected chi connectivity index (χ2v) is 6.08. The van der Waals surface area contributed by atoms with Crippen molar-refractivity contribution in [3.63, 3.8) is 0 Å². The van der Waals surface area contributed by atoms with Crippen LogP contribution < -0.4 is 14.2 Å². The lowest BCUT2D eigenvalue weighted by Crippen LogP contribution is -2.25. The highest BCUT2D eigenvalue weighted by molar-refractivity contribution is 6.02. The van der Waals surface area contributed by atoms with Crippen LogP contribution in [0.2, 0.25) is 0 Å². The van der Waals surface area contributed by atoms with E-state index in [0.29, 0.717) is 17.9 Å². The summed E-state index contributed by atoms with van der Waals surface area (Å²) in [6, 6.07) is 8.64. The summed E-state index contributed by atoms with van der Waals surface area (Å²) in [6.07, 6.45) is -1.16. The Morgan fingerprint density at radius 2 is 1.67 bits per heavy atom. The molecule has 2 aromatic rings. The summed E-state index contributed by atoms with van der Waals surface area (Å²) in [4.78, 5) is 35.9. The van der Waals surface area contributed by atoms with E-state index in [0.717, 1.165) is 6.07 Å². The highest BCUT2D eigenvalue weighted by atomic mass is 16.6. The average molecular weight is 417 g/mol. The minimum Gasteiger partial charge on any atom is -0.494 e. The second-order valence-electron chi connectivity index (χ2n) is 6.08. The molecule has 1 atom stereocenters. The quantitative estimate of drug-likeness (QED) is 0.248. The van der Waals surface area contributed by atoms with Crippen molar-refractivity contribution >= 4 is 17.4 Å². The van der Waals surface area contributed by atoms with Crippen LogP contribution in [0.3, 0.4) is 0 Å². The summed E-state index contributed by atoms with van der Waals surface area (Å²) in [5, 5.41) is 11.4. The van der Waals surface area contributed by atoms with E-state index in [1.165, 1.54) is 20.1 Å². The van der Waals surface area contributed by atoms with Crippen molar-refractivity contribution < 1.29 is 33.5 Å². The highest BCUT2D eigenvalue weighted by Crippen LogP contribution is 2.35. The molecule has 0 unspecified atom stereocenters. The third kappa shape index (κ3) is 5.25. The van der Waals surface area contributed by atoms with Gasteiger partial charge in [0.2, 0.25) is 5.78 Å². The first kappa shape index (κ1) is 22.7. The van der Waals surface area contributed by atoms with E-state index in [1.54, 1.807) is 31.2 Å². The summed E-state index contributed by atoms with van der Waals surface area (Å²) in [5.41, 5.74) is -0.533. The molecular weight excluding hydrogens is 394 g/mol. The van der Waals surface area contributed by atoms with Crippen molar-refractivity contribution in [3.8, 4) is 17.2 Å². The van der Waals surface area contributed by atoms with E-state index in [2.05, 4.69) is 0 Å². The molecule has 0 N–H and O–H groups in total. The SMILES string of the molecule is CCOc1ccc(C(=O)[C@H](C)OC(=O)c2cc(OC)c(OCC)cc2[N+](=O)[O-])cc1. The Hall–Kier alpha value is -3.62. The van der Waals surface area contributed by atoms with Crippen LogP contribution in [0.5, 0.6) is 17.2 Å². The Bertz CT molecular complexity index is 923. The number of nitrogens with zero attached hydrogens (tertiary/aromatic N) is 1. The predicted octanol–water partition coefficient (Wildman–Crippen LogP) is 3.83. The summed E-state index contributed by atoms with van der Waals surface area (Å²) in [6.45, 7) is 5.70. The third-order valence-corrected chi connectivity index (χ3v) is 4.10. The molecule has 0 bridgehead atoms. The molecule has 0 saturated heterocycles. The molecule has 0 radical (unpaired) electrons. The van der Waals surface area contributed by atoms with Gasteiger partial charge >= 0.3 is 5.97 Å². The molecule has 9 heteroatoms. The van der Waals surface area contributed by atoms with Gasteiger partial charge in [-0.25, -0.2) is 4.79 Å². The lowest BCUT2D eigenvalue weighted by atomic mass is 10.1. The number of carbonyl (C=O) groups is 2. The Kier molecular flexibility index (Phi) is 7.74. The van der Waals surface area contributed by atoms with Crippen LogP contribution in [0.15, 0.2) is 36.4 Å². The third-order valence-electron chi connectivity index (χ3n) is 4.10. The van der Waals surface area contributed by atoms with Crippen molar-refractivity contribution in [3.05, 3.63) is 57.6 Å². The number of benzene rings is 2. The molecule has 0 fully saturated rings. The number of ketones is 1. The number of rotatable bonds is 10. The standard InChI is InChI=1S/C21H23NO8/c1-5-28-15-9-7-14(8-10-15)20(23)13(3)30-21(24)16-11-18(27-4)19(29-6-2)12-17(16)22(25)26/h7-13H,5-6H2,1-4H3/t13-/m0/s1. The number of nitro benzene ring substituents is 1. The van der Waals surface area contributed by atoms with Crippen molar-refractivity contribution in [2.24, 2.45) is 0 Å². The monoisotopic (exact) mass is 417 g/mol. The number of nitro groups is 1. The van der Waals surface area contributed by atoms with Gasteiger partial charge < -0.3 is 18.9 Å². The lowest BCUT2D eigenvalue weighted by Gasteiger charge is -2.14. The molecule has 0 aliphatic heterocycles. The maximum atomic E-state index is 12.6. The molecule has 0 aromatic heterocycles. The maximum absolute atomic E-state index is 12.6. The van der Waals surface area contributed by atoms with Crippen LogP contribution in [0.4, 0.5) is 5.69 Å². The van der Waals surface area contributed by atoms with Gasteiger partial charge in [-0.15, -0.1) is 0 Å². The van der Waals surface area contributed by atoms with E-state index in [-0.39, 0.29) is 23.7 Å². The molecular formula is C21H23NO8. The van der Waals surface area contributed by atoms with E-state index in [9.17, 15) is 19.7 Å². The van der Waals surface area contributed by atoms with E-state index < -0.39 is 28.5 Å². The van der Waals surface area contributed by atoms with E-state index >= 15 is 0 Å². The van der Waals surface area contributed by atoms with Crippen LogP contribution in [0.1, 0.15) is 41.5 Å². The molecule has 0 spiro atoms. The number of ether oxygens (including phenoxy) is 4. The topological polar surface area (TPSA) is 114 Å². The largest absolute Gasteiger partial charge is 0.494 e. The van der Waals surface area contributed by atoms with Gasteiger partial charge in [-0.3, -0.25) is 14.9 Å². The Morgan fingerprint density at radius 3 is 2.20 bits per heavy atom. The summed E-state index contributed by atoms with van der Waals surface area (Å²) >= 11 is 0. The van der Waals surface area contributed by atoms with Crippen molar-refractivity contribution in [1.82, 2.24) is 0 Å². The van der Waals surface area contributed by atoms with Crippen LogP contribution in [0.25, 0.3) is 0 Å². The van der Waals surface area contributed by atoms with Gasteiger partial charge in [0.05, 0.1) is 31.3 Å². The zero-order valence-corrected chi connectivity index (χ0v) is 17.2. The summed E-state index contributed by atoms with van der Waals surface area (Å²) < 4.78 is 21.0. The number of hydrogen-bond donors (Lipinski definition) is 0. The molecule has 0 aliphatic carbocycles. The smallest absolute Gasteiger partial charge is 0.346 e. The Labute approximate surface area is 173 Å². The van der Waals surface area contributed by atoms with Crippen LogP contribution in [0, 0.1) is 10.1 Å². The zero-order valence-electron chi connectivity index (χ0n) is 17.2. The minimum atomic E-state index is -1.16. The second kappa shape index (κ2) is 10.2. The number of carbonyl (C=O) groups excluding carboxylic acids is 2. The first-order chi connectivity index (χ1) is 14.3.